The van der Waals surface area contributed by atoms with Crippen molar-refractivity contribution in [3.05, 3.63) is 141 Å². The van der Waals surface area contributed by atoms with Crippen molar-refractivity contribution in [1.29, 1.82) is 0 Å². The van der Waals surface area contributed by atoms with Gasteiger partial charge in [-0.1, -0.05) is 121 Å². The van der Waals surface area contributed by atoms with E-state index in [4.69, 9.17) is 23.2 Å². The summed E-state index contributed by atoms with van der Waals surface area (Å²) >= 11 is 12.2. The molecule has 2 heterocycles. The second kappa shape index (κ2) is 16.1. The Bertz CT molecular complexity index is 1780. The molecule has 6 rings (SSSR count). The molecule has 0 N–H and O–H groups in total. The van der Waals surface area contributed by atoms with Crippen LogP contribution in [0.3, 0.4) is 0 Å². The SMILES string of the molecule is CCC(=O)N(C)CC(CCN1CCC2(CC1)c1ccccc1C[S+]2[O-])(c1ccc(Cl)c(Cl)c1)N(C)C(=O)CC(c1ccccc1)c1ccccc1. The van der Waals surface area contributed by atoms with Crippen LogP contribution in [0.5, 0.6) is 0 Å². The van der Waals surface area contributed by atoms with Crippen molar-refractivity contribution in [2.75, 3.05) is 40.3 Å². The minimum Gasteiger partial charge on any atom is -0.615 e. The topological polar surface area (TPSA) is 66.9 Å². The second-order valence-corrected chi connectivity index (χ2v) is 16.6. The van der Waals surface area contributed by atoms with Gasteiger partial charge in [-0.05, 0) is 46.4 Å². The van der Waals surface area contributed by atoms with Crippen molar-refractivity contribution in [3.63, 3.8) is 0 Å². The van der Waals surface area contributed by atoms with Crippen LogP contribution in [0, 0.1) is 0 Å². The highest BCUT2D eigenvalue weighted by Gasteiger charge is 2.52. The molecule has 2 aliphatic heterocycles. The summed E-state index contributed by atoms with van der Waals surface area (Å²) in [7, 11) is 3.68. The zero-order valence-corrected chi connectivity index (χ0v) is 32.0. The first-order chi connectivity index (χ1) is 24.6. The number of likely N-dealkylation sites (tertiary alicyclic amines) is 1. The van der Waals surface area contributed by atoms with Gasteiger partial charge in [0.1, 0.15) is 5.75 Å². The Hall–Kier alpha value is -3.33. The van der Waals surface area contributed by atoms with Gasteiger partial charge in [-0.25, -0.2) is 0 Å². The highest BCUT2D eigenvalue weighted by atomic mass is 35.5. The average Bonchev–Trinajstić information content (AvgIpc) is 3.43. The van der Waals surface area contributed by atoms with Gasteiger partial charge in [0.2, 0.25) is 11.8 Å². The molecule has 0 aromatic heterocycles. The van der Waals surface area contributed by atoms with Crippen molar-refractivity contribution in [3.8, 4) is 0 Å². The number of nitrogens with zero attached hydrogens (tertiary/aromatic N) is 3. The number of piperidine rings is 1. The number of hydrogen-bond acceptors (Lipinski definition) is 4. The normalized spacial score (nSPS) is 18.0. The van der Waals surface area contributed by atoms with Gasteiger partial charge in [0.25, 0.3) is 0 Å². The van der Waals surface area contributed by atoms with E-state index in [1.165, 1.54) is 11.1 Å². The minimum absolute atomic E-state index is 0.00553. The number of rotatable bonds is 12. The Morgan fingerprint density at radius 3 is 2.08 bits per heavy atom. The highest BCUT2D eigenvalue weighted by Crippen LogP contribution is 2.49. The number of likely N-dealkylation sites (N-methyl/N-ethyl adjacent to an activating group) is 2. The first-order valence-electron chi connectivity index (χ1n) is 17.8. The van der Waals surface area contributed by atoms with Crippen molar-refractivity contribution >= 4 is 46.2 Å². The van der Waals surface area contributed by atoms with E-state index in [-0.39, 0.29) is 35.4 Å². The van der Waals surface area contributed by atoms with Gasteiger partial charge in [0.05, 0.1) is 15.6 Å². The molecule has 4 aromatic rings. The second-order valence-electron chi connectivity index (χ2n) is 14.0. The summed E-state index contributed by atoms with van der Waals surface area (Å²) in [4.78, 5) is 34.0. The maximum atomic E-state index is 14.8. The molecule has 2 atom stereocenters. The van der Waals surface area contributed by atoms with E-state index >= 15 is 0 Å². The van der Waals surface area contributed by atoms with E-state index in [0.29, 0.717) is 35.2 Å². The lowest BCUT2D eigenvalue weighted by atomic mass is 9.81. The van der Waals surface area contributed by atoms with Crippen LogP contribution in [-0.4, -0.2) is 71.3 Å². The summed E-state index contributed by atoms with van der Waals surface area (Å²) in [5.41, 5.74) is 4.49. The number of hydrogen-bond donors (Lipinski definition) is 0. The van der Waals surface area contributed by atoms with Gasteiger partial charge >= 0.3 is 0 Å². The van der Waals surface area contributed by atoms with Crippen LogP contribution in [-0.2, 0) is 36.8 Å². The van der Waals surface area contributed by atoms with Crippen LogP contribution < -0.4 is 0 Å². The molecule has 2 unspecified atom stereocenters. The maximum Gasteiger partial charge on any atom is 0.224 e. The molecule has 2 amide bonds. The molecule has 0 aliphatic carbocycles. The van der Waals surface area contributed by atoms with E-state index in [1.54, 1.807) is 11.0 Å². The van der Waals surface area contributed by atoms with Gasteiger partial charge in [-0.2, -0.15) is 0 Å². The van der Waals surface area contributed by atoms with Crippen LogP contribution in [0.2, 0.25) is 10.0 Å². The predicted molar refractivity (Wildman–Crippen MR) is 208 cm³/mol. The van der Waals surface area contributed by atoms with E-state index in [1.807, 2.05) is 80.5 Å². The van der Waals surface area contributed by atoms with Gasteiger partial charge in [-0.15, -0.1) is 0 Å². The van der Waals surface area contributed by atoms with Crippen molar-refractivity contribution in [1.82, 2.24) is 14.7 Å². The lowest BCUT2D eigenvalue weighted by molar-refractivity contribution is -0.141. The summed E-state index contributed by atoms with van der Waals surface area (Å²) in [6.45, 7) is 4.41. The summed E-state index contributed by atoms with van der Waals surface area (Å²) in [5.74, 6) is 0.423. The van der Waals surface area contributed by atoms with Crippen LogP contribution in [0.4, 0.5) is 0 Å². The number of carbonyl (C=O) groups excluding carboxylic acids is 2. The Labute approximate surface area is 315 Å². The molecule has 1 saturated heterocycles. The fourth-order valence-electron chi connectivity index (χ4n) is 8.14. The maximum absolute atomic E-state index is 14.8. The van der Waals surface area contributed by atoms with E-state index in [0.717, 1.165) is 42.6 Å². The third-order valence-corrected chi connectivity index (χ3v) is 14.0. The summed E-state index contributed by atoms with van der Waals surface area (Å²) in [6.07, 6.45) is 2.78. The van der Waals surface area contributed by atoms with Gasteiger partial charge in [-0.3, -0.25) is 9.59 Å². The number of amides is 2. The fraction of sp³-hybridized carbons (Fsp3) is 0.381. The van der Waals surface area contributed by atoms with E-state index < -0.39 is 16.7 Å². The van der Waals surface area contributed by atoms with Crippen LogP contribution in [0.25, 0.3) is 0 Å². The third-order valence-electron chi connectivity index (χ3n) is 11.2. The smallest absolute Gasteiger partial charge is 0.224 e. The van der Waals surface area contributed by atoms with Gasteiger partial charge in [0, 0.05) is 83.0 Å². The molecule has 1 fully saturated rings. The molecule has 0 bridgehead atoms. The largest absolute Gasteiger partial charge is 0.615 e. The zero-order valence-electron chi connectivity index (χ0n) is 29.7. The molecule has 2 aliphatic rings. The average molecular weight is 745 g/mol. The minimum atomic E-state index is -0.951. The number of fused-ring (bicyclic) bond motifs is 2. The molecular formula is C42H47Cl2N3O3S. The van der Waals surface area contributed by atoms with Crippen molar-refractivity contribution in [2.24, 2.45) is 0 Å². The number of benzene rings is 4. The Morgan fingerprint density at radius 2 is 1.47 bits per heavy atom. The standard InChI is InChI=1S/C42H47Cl2N3O3S/c1-4-39(48)45(2)30-41(34-19-20-37(43)38(44)27-34,21-24-47-25-22-42(23-26-47)36-18-12-11-17-33(36)29-51(42)50)46(3)40(49)28-35(31-13-7-5-8-14-31)32-15-9-6-10-16-32/h5-20,27,35H,4,21-26,28-30H2,1-3H3. The molecular weight excluding hydrogens is 697 g/mol. The Balaban J connectivity index is 1.33. The molecule has 51 heavy (non-hydrogen) atoms. The first-order valence-corrected chi connectivity index (χ1v) is 19.9. The number of halogens is 2. The van der Waals surface area contributed by atoms with Crippen LogP contribution >= 0.6 is 23.2 Å². The lowest BCUT2D eigenvalue weighted by Gasteiger charge is -2.47. The monoisotopic (exact) mass is 743 g/mol. The number of carbonyl (C=O) groups is 2. The van der Waals surface area contributed by atoms with Gasteiger partial charge < -0.3 is 19.3 Å². The van der Waals surface area contributed by atoms with Crippen molar-refractivity contribution < 1.29 is 14.1 Å². The molecule has 4 aromatic carbocycles. The van der Waals surface area contributed by atoms with E-state index in [2.05, 4.69) is 47.4 Å². The summed E-state index contributed by atoms with van der Waals surface area (Å²) in [5, 5.41) is 0.832. The third kappa shape index (κ3) is 7.74. The quantitative estimate of drug-likeness (QED) is 0.137. The van der Waals surface area contributed by atoms with E-state index in [9.17, 15) is 14.1 Å². The molecule has 6 nitrogen and oxygen atoms in total. The lowest BCUT2D eigenvalue weighted by Crippen LogP contribution is -2.56. The van der Waals surface area contributed by atoms with Crippen LogP contribution in [0.1, 0.15) is 72.8 Å². The summed E-state index contributed by atoms with van der Waals surface area (Å²) in [6, 6.07) is 34.2. The molecule has 268 valence electrons. The first kappa shape index (κ1) is 37.4. The fourth-order valence-corrected chi connectivity index (χ4v) is 10.3. The van der Waals surface area contributed by atoms with Gasteiger partial charge in [0.15, 0.2) is 4.75 Å². The highest BCUT2D eigenvalue weighted by molar-refractivity contribution is 7.92. The molecule has 9 heteroatoms. The summed E-state index contributed by atoms with van der Waals surface area (Å²) < 4.78 is 13.2. The molecule has 0 radical (unpaired) electrons. The Morgan fingerprint density at radius 1 is 0.863 bits per heavy atom. The van der Waals surface area contributed by atoms with Crippen molar-refractivity contribution in [2.45, 2.75) is 61.0 Å². The van der Waals surface area contributed by atoms with Crippen LogP contribution in [0.15, 0.2) is 103 Å². The Kier molecular flexibility index (Phi) is 11.8. The zero-order chi connectivity index (χ0) is 36.2. The molecule has 1 spiro atoms. The predicted octanol–water partition coefficient (Wildman–Crippen LogP) is 8.38. The molecule has 0 saturated carbocycles.